The first kappa shape index (κ1) is 21.9. The maximum Gasteiger partial charge on any atom is 0.236 e. The molecule has 1 aromatic carbocycles. The summed E-state index contributed by atoms with van der Waals surface area (Å²) in [7, 11) is 0. The summed E-state index contributed by atoms with van der Waals surface area (Å²) >= 11 is 1.58. The highest BCUT2D eigenvalue weighted by atomic mass is 32.1. The van der Waals surface area contributed by atoms with Gasteiger partial charge in [-0.15, -0.1) is 11.3 Å². The zero-order valence-electron chi connectivity index (χ0n) is 17.5. The number of benzene rings is 1. The van der Waals surface area contributed by atoms with Crippen LogP contribution in [0.25, 0.3) is 10.8 Å². The molecule has 0 spiro atoms. The van der Waals surface area contributed by atoms with Gasteiger partial charge in [-0.3, -0.25) is 0 Å². The first-order valence-corrected chi connectivity index (χ1v) is 10.9. The largest absolute Gasteiger partial charge is 0.491 e. The normalized spacial score (nSPS) is 12.8. The van der Waals surface area contributed by atoms with Crippen LogP contribution in [0.5, 0.6) is 5.75 Å². The van der Waals surface area contributed by atoms with Crippen LogP contribution < -0.4 is 15.4 Å². The van der Waals surface area contributed by atoms with Crippen molar-refractivity contribution in [2.45, 2.75) is 39.5 Å². The summed E-state index contributed by atoms with van der Waals surface area (Å²) in [6.07, 6.45) is 1.01. The van der Waals surface area contributed by atoms with Crippen LogP contribution >= 0.6 is 11.3 Å². The number of hydrogen-bond donors (Lipinski definition) is 3. The molecule has 0 saturated carbocycles. The highest BCUT2D eigenvalue weighted by Crippen LogP contribution is 2.24. The predicted molar refractivity (Wildman–Crippen MR) is 120 cm³/mol. The predicted octanol–water partition coefficient (Wildman–Crippen LogP) is 3.98. The van der Waals surface area contributed by atoms with E-state index in [1.807, 2.05) is 62.5 Å². The molecule has 2 heterocycles. The molecule has 160 valence electrons. The molecule has 8 heteroatoms. The summed E-state index contributed by atoms with van der Waals surface area (Å²) in [5, 5.41) is 18.9. The Bertz CT molecular complexity index is 938. The number of aliphatic hydroxyl groups excluding tert-OH is 1. The second-order valence-corrected chi connectivity index (χ2v) is 7.90. The molecule has 7 nitrogen and oxygen atoms in total. The van der Waals surface area contributed by atoms with Gasteiger partial charge >= 0.3 is 0 Å². The molecule has 0 aliphatic rings. The Morgan fingerprint density at radius 1 is 1.27 bits per heavy atom. The topological polar surface area (TPSA) is 91.9 Å². The molecule has 1 atom stereocenters. The zero-order chi connectivity index (χ0) is 21.3. The molecule has 0 aliphatic carbocycles. The smallest absolute Gasteiger partial charge is 0.236 e. The van der Waals surface area contributed by atoms with Crippen LogP contribution in [0, 0.1) is 0 Å². The Morgan fingerprint density at radius 2 is 2.13 bits per heavy atom. The number of ether oxygens (including phenoxy) is 1. The lowest BCUT2D eigenvalue weighted by molar-refractivity contribution is 0.179. The second kappa shape index (κ2) is 10.8. The second-order valence-electron chi connectivity index (χ2n) is 6.95. The van der Waals surface area contributed by atoms with Crippen LogP contribution in [0.2, 0.25) is 0 Å². The van der Waals surface area contributed by atoms with Crippen LogP contribution in [0.3, 0.4) is 0 Å². The van der Waals surface area contributed by atoms with Crippen LogP contribution in [-0.4, -0.2) is 35.2 Å². The number of nitrogens with one attached hydrogen (secondary N) is 2. The molecule has 0 amide bonds. The van der Waals surface area contributed by atoms with Gasteiger partial charge in [0.2, 0.25) is 5.89 Å². The number of nitrogens with zero attached hydrogens (tertiary/aromatic N) is 2. The van der Waals surface area contributed by atoms with E-state index in [0.29, 0.717) is 31.5 Å². The van der Waals surface area contributed by atoms with E-state index >= 15 is 0 Å². The van der Waals surface area contributed by atoms with Gasteiger partial charge in [0.05, 0.1) is 23.6 Å². The SMILES string of the molecule is CCNC(=NCc1coc(-c2cccs2)n1)NCC(O)c1cccc(OC(C)C)c1. The minimum Gasteiger partial charge on any atom is -0.491 e. The molecule has 0 radical (unpaired) electrons. The molecule has 3 rings (SSSR count). The van der Waals surface area contributed by atoms with E-state index in [1.54, 1.807) is 17.6 Å². The molecule has 0 fully saturated rings. The van der Waals surface area contributed by atoms with Gasteiger partial charge in [-0.2, -0.15) is 0 Å². The summed E-state index contributed by atoms with van der Waals surface area (Å²) in [6.45, 7) is 7.34. The zero-order valence-corrected chi connectivity index (χ0v) is 18.3. The maximum absolute atomic E-state index is 10.6. The Morgan fingerprint density at radius 3 is 2.87 bits per heavy atom. The third-order valence-electron chi connectivity index (χ3n) is 4.10. The molecule has 3 N–H and O–H groups in total. The number of rotatable bonds is 9. The minimum atomic E-state index is -0.693. The van der Waals surface area contributed by atoms with Gasteiger partial charge < -0.3 is 24.9 Å². The quantitative estimate of drug-likeness (QED) is 0.353. The number of aromatic nitrogens is 1. The van der Waals surface area contributed by atoms with Crippen LogP contribution in [0.4, 0.5) is 0 Å². The lowest BCUT2D eigenvalue weighted by atomic mass is 10.1. The fourth-order valence-corrected chi connectivity index (χ4v) is 3.43. The maximum atomic E-state index is 10.6. The van der Waals surface area contributed by atoms with E-state index in [1.165, 1.54) is 0 Å². The van der Waals surface area contributed by atoms with Crippen molar-refractivity contribution >= 4 is 17.3 Å². The fourth-order valence-electron chi connectivity index (χ4n) is 2.77. The summed E-state index contributed by atoms with van der Waals surface area (Å²) in [5.74, 6) is 1.95. The standard InChI is InChI=1S/C22H28N4O3S/c1-4-23-22(24-12-17-14-28-21(26-17)20-9-6-10-30-20)25-13-19(27)16-7-5-8-18(11-16)29-15(2)3/h5-11,14-15,19,27H,4,12-13H2,1-3H3,(H2,23,24,25). The van der Waals surface area contributed by atoms with Crippen molar-refractivity contribution in [3.63, 3.8) is 0 Å². The van der Waals surface area contributed by atoms with E-state index in [2.05, 4.69) is 20.6 Å². The molecule has 2 aromatic heterocycles. The van der Waals surface area contributed by atoms with Crippen LogP contribution in [0.1, 0.15) is 38.1 Å². The molecule has 3 aromatic rings. The average molecular weight is 429 g/mol. The van der Waals surface area contributed by atoms with Crippen molar-refractivity contribution in [1.29, 1.82) is 0 Å². The van der Waals surface area contributed by atoms with Crippen molar-refractivity contribution < 1.29 is 14.3 Å². The first-order valence-electron chi connectivity index (χ1n) is 10.00. The van der Waals surface area contributed by atoms with E-state index in [-0.39, 0.29) is 6.10 Å². The Labute approximate surface area is 180 Å². The van der Waals surface area contributed by atoms with Gasteiger partial charge in [0.15, 0.2) is 5.96 Å². The van der Waals surface area contributed by atoms with Crippen molar-refractivity contribution in [2.24, 2.45) is 4.99 Å². The van der Waals surface area contributed by atoms with Crippen molar-refractivity contribution in [3.8, 4) is 16.5 Å². The van der Waals surface area contributed by atoms with Crippen molar-refractivity contribution in [3.05, 3.63) is 59.3 Å². The summed E-state index contributed by atoms with van der Waals surface area (Å²) in [4.78, 5) is 10.0. The first-order chi connectivity index (χ1) is 14.5. The van der Waals surface area contributed by atoms with Crippen LogP contribution in [0.15, 0.2) is 57.5 Å². The van der Waals surface area contributed by atoms with Crippen molar-refractivity contribution in [2.75, 3.05) is 13.1 Å². The van der Waals surface area contributed by atoms with Gasteiger partial charge in [-0.25, -0.2) is 9.98 Å². The number of thiophene rings is 1. The molecular weight excluding hydrogens is 400 g/mol. The number of aliphatic imine (C=N–C) groups is 1. The number of aliphatic hydroxyl groups is 1. The van der Waals surface area contributed by atoms with Gasteiger partial charge in [0.1, 0.15) is 17.7 Å². The number of oxazole rings is 1. The van der Waals surface area contributed by atoms with Gasteiger partial charge in [0, 0.05) is 13.1 Å². The van der Waals surface area contributed by atoms with E-state index < -0.39 is 6.10 Å². The highest BCUT2D eigenvalue weighted by molar-refractivity contribution is 7.13. The minimum absolute atomic E-state index is 0.0832. The Hall–Kier alpha value is -2.84. The van der Waals surface area contributed by atoms with Crippen molar-refractivity contribution in [1.82, 2.24) is 15.6 Å². The molecule has 1 unspecified atom stereocenters. The monoisotopic (exact) mass is 428 g/mol. The van der Waals surface area contributed by atoms with E-state index in [9.17, 15) is 5.11 Å². The van der Waals surface area contributed by atoms with Gasteiger partial charge in [-0.1, -0.05) is 18.2 Å². The van der Waals surface area contributed by atoms with E-state index in [0.717, 1.165) is 21.9 Å². The lowest BCUT2D eigenvalue weighted by Crippen LogP contribution is -2.39. The van der Waals surface area contributed by atoms with Gasteiger partial charge in [-0.05, 0) is 49.9 Å². The van der Waals surface area contributed by atoms with E-state index in [4.69, 9.17) is 9.15 Å². The summed E-state index contributed by atoms with van der Waals surface area (Å²) < 4.78 is 11.2. The third-order valence-corrected chi connectivity index (χ3v) is 4.96. The highest BCUT2D eigenvalue weighted by Gasteiger charge is 2.11. The third kappa shape index (κ3) is 6.33. The average Bonchev–Trinajstić information content (AvgIpc) is 3.41. The lowest BCUT2D eigenvalue weighted by Gasteiger charge is -2.17. The number of hydrogen-bond acceptors (Lipinski definition) is 6. The Balaban J connectivity index is 1.58. The molecule has 0 bridgehead atoms. The summed E-state index contributed by atoms with van der Waals surface area (Å²) in [5.41, 5.74) is 1.53. The molecule has 30 heavy (non-hydrogen) atoms. The number of guanidine groups is 1. The Kier molecular flexibility index (Phi) is 7.87. The van der Waals surface area contributed by atoms with Crippen LogP contribution in [-0.2, 0) is 6.54 Å². The molecule has 0 aliphatic heterocycles. The molecule has 0 saturated heterocycles. The summed E-state index contributed by atoms with van der Waals surface area (Å²) in [6, 6.07) is 11.4. The molecular formula is C22H28N4O3S. The van der Waals surface area contributed by atoms with Gasteiger partial charge in [0.25, 0.3) is 0 Å². The fraction of sp³-hybridized carbons (Fsp3) is 0.364.